The summed E-state index contributed by atoms with van der Waals surface area (Å²) in [7, 11) is 1.65. The number of hydrogen-bond donors (Lipinski definition) is 2. The number of aryl methyl sites for hydroxylation is 1. The number of nitrogens with zero attached hydrogens (tertiary/aromatic N) is 3. The maximum Gasteiger partial charge on any atom is 0.239 e. The van der Waals surface area contributed by atoms with E-state index in [1.807, 2.05) is 24.8 Å². The van der Waals surface area contributed by atoms with Crippen LogP contribution in [0.3, 0.4) is 0 Å². The predicted molar refractivity (Wildman–Crippen MR) is 82.1 cm³/mol. The van der Waals surface area contributed by atoms with Crippen molar-refractivity contribution in [2.75, 3.05) is 36.9 Å². The van der Waals surface area contributed by atoms with Gasteiger partial charge in [0.15, 0.2) is 0 Å². The van der Waals surface area contributed by atoms with Crippen LogP contribution in [-0.4, -0.2) is 42.6 Å². The Labute approximate surface area is 121 Å². The Kier molecular flexibility index (Phi) is 6.76. The third kappa shape index (κ3) is 4.68. The molecule has 2 N–H and O–H groups in total. The lowest BCUT2D eigenvalue weighted by Gasteiger charge is -2.23. The zero-order valence-corrected chi connectivity index (χ0v) is 12.9. The number of anilines is 2. The van der Waals surface area contributed by atoms with E-state index < -0.39 is 0 Å². The van der Waals surface area contributed by atoms with E-state index in [9.17, 15) is 4.79 Å². The molecule has 0 saturated carbocycles. The largest absolute Gasteiger partial charge is 0.370 e. The molecule has 0 fully saturated rings. The van der Waals surface area contributed by atoms with E-state index in [0.717, 1.165) is 43.4 Å². The van der Waals surface area contributed by atoms with Crippen LogP contribution in [0.1, 0.15) is 33.0 Å². The molecule has 6 heteroatoms. The van der Waals surface area contributed by atoms with Crippen LogP contribution in [0.4, 0.5) is 11.6 Å². The fourth-order valence-corrected chi connectivity index (χ4v) is 1.87. The van der Waals surface area contributed by atoms with Gasteiger partial charge in [0.1, 0.15) is 17.5 Å². The van der Waals surface area contributed by atoms with Crippen LogP contribution in [0.15, 0.2) is 6.07 Å². The van der Waals surface area contributed by atoms with Crippen molar-refractivity contribution in [2.24, 2.45) is 0 Å². The van der Waals surface area contributed by atoms with Gasteiger partial charge < -0.3 is 15.5 Å². The SMILES string of the molecule is CCCN(CC(=O)NC)c1cc(NCC)nc(CC)n1. The van der Waals surface area contributed by atoms with E-state index in [1.165, 1.54) is 0 Å². The molecule has 0 aliphatic carbocycles. The topological polar surface area (TPSA) is 70.2 Å². The summed E-state index contributed by atoms with van der Waals surface area (Å²) in [4.78, 5) is 22.6. The lowest BCUT2D eigenvalue weighted by molar-refractivity contribution is -0.119. The van der Waals surface area contributed by atoms with Crippen molar-refractivity contribution in [3.63, 3.8) is 0 Å². The highest BCUT2D eigenvalue weighted by atomic mass is 16.1. The van der Waals surface area contributed by atoms with Gasteiger partial charge in [-0.15, -0.1) is 0 Å². The summed E-state index contributed by atoms with van der Waals surface area (Å²) in [6.07, 6.45) is 1.73. The first-order chi connectivity index (χ1) is 9.64. The molecule has 0 spiro atoms. The number of carbonyl (C=O) groups is 1. The minimum atomic E-state index is -0.0138. The normalized spacial score (nSPS) is 10.2. The van der Waals surface area contributed by atoms with Crippen molar-refractivity contribution in [1.29, 1.82) is 0 Å². The van der Waals surface area contributed by atoms with Crippen molar-refractivity contribution >= 4 is 17.5 Å². The maximum absolute atomic E-state index is 11.6. The summed E-state index contributed by atoms with van der Waals surface area (Å²) in [5, 5.41) is 5.86. The Morgan fingerprint density at radius 1 is 1.30 bits per heavy atom. The molecular formula is C14H25N5O. The van der Waals surface area contributed by atoms with E-state index in [0.29, 0.717) is 6.54 Å². The first kappa shape index (κ1) is 16.2. The molecule has 1 rings (SSSR count). The molecule has 1 aromatic rings. The molecule has 0 radical (unpaired) electrons. The number of aromatic nitrogens is 2. The molecule has 0 aromatic carbocycles. The van der Waals surface area contributed by atoms with Crippen molar-refractivity contribution in [3.05, 3.63) is 11.9 Å². The number of hydrogen-bond acceptors (Lipinski definition) is 5. The van der Waals surface area contributed by atoms with Gasteiger partial charge in [-0.25, -0.2) is 9.97 Å². The molecule has 20 heavy (non-hydrogen) atoms. The maximum atomic E-state index is 11.6. The second kappa shape index (κ2) is 8.35. The van der Waals surface area contributed by atoms with Gasteiger partial charge in [-0.05, 0) is 13.3 Å². The number of amides is 1. The second-order valence-corrected chi connectivity index (χ2v) is 4.51. The summed E-state index contributed by atoms with van der Waals surface area (Å²) in [6.45, 7) is 8.06. The van der Waals surface area contributed by atoms with Crippen LogP contribution < -0.4 is 15.5 Å². The third-order valence-electron chi connectivity index (χ3n) is 2.86. The summed E-state index contributed by atoms with van der Waals surface area (Å²) >= 11 is 0. The third-order valence-corrected chi connectivity index (χ3v) is 2.86. The monoisotopic (exact) mass is 279 g/mol. The van der Waals surface area contributed by atoms with Gasteiger partial charge in [0.05, 0.1) is 6.54 Å². The fraction of sp³-hybridized carbons (Fsp3) is 0.643. The molecule has 1 heterocycles. The Bertz CT molecular complexity index is 436. The molecular weight excluding hydrogens is 254 g/mol. The fourth-order valence-electron chi connectivity index (χ4n) is 1.87. The number of likely N-dealkylation sites (N-methyl/N-ethyl adjacent to an activating group) is 1. The summed E-state index contributed by atoms with van der Waals surface area (Å²) in [5.41, 5.74) is 0. The molecule has 0 saturated heterocycles. The lowest BCUT2D eigenvalue weighted by atomic mass is 10.3. The van der Waals surface area contributed by atoms with E-state index in [-0.39, 0.29) is 5.91 Å². The van der Waals surface area contributed by atoms with E-state index in [1.54, 1.807) is 7.05 Å². The summed E-state index contributed by atoms with van der Waals surface area (Å²) < 4.78 is 0. The van der Waals surface area contributed by atoms with Crippen molar-refractivity contribution in [3.8, 4) is 0 Å². The lowest BCUT2D eigenvalue weighted by Crippen LogP contribution is -2.36. The first-order valence-corrected chi connectivity index (χ1v) is 7.21. The molecule has 0 atom stereocenters. The van der Waals surface area contributed by atoms with Crippen molar-refractivity contribution in [2.45, 2.75) is 33.6 Å². The Hall–Kier alpha value is -1.85. The van der Waals surface area contributed by atoms with Crippen LogP contribution >= 0.6 is 0 Å². The van der Waals surface area contributed by atoms with Gasteiger partial charge in [-0.2, -0.15) is 0 Å². The minimum Gasteiger partial charge on any atom is -0.370 e. The molecule has 0 bridgehead atoms. The quantitative estimate of drug-likeness (QED) is 0.753. The van der Waals surface area contributed by atoms with Crippen LogP contribution in [0.5, 0.6) is 0 Å². The highest BCUT2D eigenvalue weighted by molar-refractivity contribution is 5.80. The van der Waals surface area contributed by atoms with Crippen LogP contribution in [-0.2, 0) is 11.2 Å². The molecule has 0 aliphatic heterocycles. The smallest absolute Gasteiger partial charge is 0.239 e. The van der Waals surface area contributed by atoms with Crippen LogP contribution in [0, 0.1) is 0 Å². The van der Waals surface area contributed by atoms with Crippen molar-refractivity contribution in [1.82, 2.24) is 15.3 Å². The first-order valence-electron chi connectivity index (χ1n) is 7.21. The van der Waals surface area contributed by atoms with E-state index >= 15 is 0 Å². The van der Waals surface area contributed by atoms with Gasteiger partial charge >= 0.3 is 0 Å². The Morgan fingerprint density at radius 3 is 2.60 bits per heavy atom. The number of rotatable bonds is 8. The molecule has 112 valence electrons. The van der Waals surface area contributed by atoms with Crippen molar-refractivity contribution < 1.29 is 4.79 Å². The zero-order chi connectivity index (χ0) is 15.0. The average molecular weight is 279 g/mol. The molecule has 1 aromatic heterocycles. The summed E-state index contributed by atoms with van der Waals surface area (Å²) in [6, 6.07) is 1.90. The highest BCUT2D eigenvalue weighted by Crippen LogP contribution is 2.16. The highest BCUT2D eigenvalue weighted by Gasteiger charge is 2.13. The zero-order valence-electron chi connectivity index (χ0n) is 12.9. The number of nitrogens with one attached hydrogen (secondary N) is 2. The standard InChI is InChI=1S/C14H25N5O/c1-5-8-19(10-14(20)15-4)13-9-12(16-7-3)17-11(6-2)18-13/h9H,5-8,10H2,1-4H3,(H,15,20)(H,16,17,18). The number of carbonyl (C=O) groups excluding carboxylic acids is 1. The van der Waals surface area contributed by atoms with Gasteiger partial charge in [-0.3, -0.25) is 4.79 Å². The van der Waals surface area contributed by atoms with Crippen LogP contribution in [0.2, 0.25) is 0 Å². The van der Waals surface area contributed by atoms with E-state index in [4.69, 9.17) is 0 Å². The summed E-state index contributed by atoms with van der Waals surface area (Å²) in [5.74, 6) is 2.39. The van der Waals surface area contributed by atoms with Gasteiger partial charge in [0.2, 0.25) is 5.91 Å². The predicted octanol–water partition coefficient (Wildman–Crippen LogP) is 1.43. The molecule has 0 aliphatic rings. The second-order valence-electron chi connectivity index (χ2n) is 4.51. The van der Waals surface area contributed by atoms with Gasteiger partial charge in [0.25, 0.3) is 0 Å². The molecule has 6 nitrogen and oxygen atoms in total. The average Bonchev–Trinajstić information content (AvgIpc) is 2.46. The van der Waals surface area contributed by atoms with Gasteiger partial charge in [-0.1, -0.05) is 13.8 Å². The Balaban J connectivity index is 3.03. The van der Waals surface area contributed by atoms with Crippen LogP contribution in [0.25, 0.3) is 0 Å². The minimum absolute atomic E-state index is 0.0138. The molecule has 1 amide bonds. The molecule has 0 unspecified atom stereocenters. The Morgan fingerprint density at radius 2 is 2.05 bits per heavy atom. The van der Waals surface area contributed by atoms with E-state index in [2.05, 4.69) is 27.5 Å². The van der Waals surface area contributed by atoms with Gasteiger partial charge in [0, 0.05) is 32.6 Å².